The maximum atomic E-state index is 5.49. The van der Waals surface area contributed by atoms with Crippen LogP contribution < -0.4 is 10.1 Å². The molecule has 0 radical (unpaired) electrons. The van der Waals surface area contributed by atoms with Gasteiger partial charge < -0.3 is 10.1 Å². The fourth-order valence-electron chi connectivity index (χ4n) is 2.03. The van der Waals surface area contributed by atoms with Crippen LogP contribution in [0, 0.1) is 11.8 Å². The number of hydrogen-bond donors (Lipinski definition) is 1. The lowest BCUT2D eigenvalue weighted by molar-refractivity contribution is 0.357. The van der Waals surface area contributed by atoms with Gasteiger partial charge in [0.05, 0.1) is 6.61 Å². The zero-order valence-electron chi connectivity index (χ0n) is 10.4. The standard InChI is InChI=1S/C15H19NO/c1-2-3-4-9-16-10-7-13-5-6-15-14(12-13)8-11-17-15/h5-6,12,16H,4,7-11H2,1H3. The Morgan fingerprint density at radius 3 is 3.18 bits per heavy atom. The summed E-state index contributed by atoms with van der Waals surface area (Å²) in [5.74, 6) is 7.02. The van der Waals surface area contributed by atoms with Gasteiger partial charge in [-0.15, -0.1) is 11.8 Å². The van der Waals surface area contributed by atoms with E-state index in [1.807, 2.05) is 6.92 Å². The Morgan fingerprint density at radius 1 is 1.35 bits per heavy atom. The van der Waals surface area contributed by atoms with E-state index in [4.69, 9.17) is 4.74 Å². The molecule has 0 saturated carbocycles. The van der Waals surface area contributed by atoms with Gasteiger partial charge in [-0.3, -0.25) is 0 Å². The lowest BCUT2D eigenvalue weighted by Gasteiger charge is -2.05. The zero-order valence-corrected chi connectivity index (χ0v) is 10.4. The summed E-state index contributed by atoms with van der Waals surface area (Å²) in [7, 11) is 0. The summed E-state index contributed by atoms with van der Waals surface area (Å²) in [5, 5.41) is 3.40. The molecule has 1 aromatic carbocycles. The summed E-state index contributed by atoms with van der Waals surface area (Å²) in [6, 6.07) is 6.54. The Hall–Kier alpha value is -1.46. The van der Waals surface area contributed by atoms with Crippen LogP contribution in [0.4, 0.5) is 0 Å². The van der Waals surface area contributed by atoms with Gasteiger partial charge >= 0.3 is 0 Å². The number of fused-ring (bicyclic) bond motifs is 1. The van der Waals surface area contributed by atoms with Gasteiger partial charge in [0.15, 0.2) is 0 Å². The van der Waals surface area contributed by atoms with Crippen molar-refractivity contribution in [2.24, 2.45) is 0 Å². The molecule has 1 aliphatic heterocycles. The predicted molar refractivity (Wildman–Crippen MR) is 70.3 cm³/mol. The number of rotatable bonds is 5. The smallest absolute Gasteiger partial charge is 0.122 e. The van der Waals surface area contributed by atoms with E-state index < -0.39 is 0 Å². The molecule has 1 N–H and O–H groups in total. The van der Waals surface area contributed by atoms with Crippen LogP contribution >= 0.6 is 0 Å². The first-order valence-electron chi connectivity index (χ1n) is 6.25. The normalized spacial score (nSPS) is 12.5. The van der Waals surface area contributed by atoms with Crippen LogP contribution in [-0.2, 0) is 12.8 Å². The van der Waals surface area contributed by atoms with E-state index >= 15 is 0 Å². The van der Waals surface area contributed by atoms with E-state index in [2.05, 4.69) is 35.4 Å². The highest BCUT2D eigenvalue weighted by Gasteiger charge is 2.11. The van der Waals surface area contributed by atoms with Crippen LogP contribution in [0.1, 0.15) is 24.5 Å². The van der Waals surface area contributed by atoms with Crippen LogP contribution in [0.15, 0.2) is 18.2 Å². The van der Waals surface area contributed by atoms with Crippen molar-refractivity contribution in [3.8, 4) is 17.6 Å². The predicted octanol–water partition coefficient (Wildman–Crippen LogP) is 2.17. The summed E-state index contributed by atoms with van der Waals surface area (Å²) in [6.07, 6.45) is 3.07. The van der Waals surface area contributed by atoms with E-state index in [1.54, 1.807) is 0 Å². The molecule has 0 fully saturated rings. The maximum Gasteiger partial charge on any atom is 0.122 e. The topological polar surface area (TPSA) is 21.3 Å². The van der Waals surface area contributed by atoms with Gasteiger partial charge in [0.2, 0.25) is 0 Å². The van der Waals surface area contributed by atoms with Crippen molar-refractivity contribution in [3.63, 3.8) is 0 Å². The largest absolute Gasteiger partial charge is 0.493 e. The Kier molecular flexibility index (Phi) is 4.46. The van der Waals surface area contributed by atoms with Gasteiger partial charge in [-0.25, -0.2) is 0 Å². The minimum atomic E-state index is 0.840. The molecule has 90 valence electrons. The first-order chi connectivity index (χ1) is 8.40. The van der Waals surface area contributed by atoms with Crippen molar-refractivity contribution < 1.29 is 4.74 Å². The summed E-state index contributed by atoms with van der Waals surface area (Å²) < 4.78 is 5.49. The third-order valence-electron chi connectivity index (χ3n) is 2.95. The van der Waals surface area contributed by atoms with E-state index in [-0.39, 0.29) is 0 Å². The second-order valence-electron chi connectivity index (χ2n) is 4.22. The molecule has 0 saturated heterocycles. The van der Waals surface area contributed by atoms with E-state index in [0.29, 0.717) is 0 Å². The molecule has 0 unspecified atom stereocenters. The van der Waals surface area contributed by atoms with Gasteiger partial charge in [-0.1, -0.05) is 12.1 Å². The summed E-state index contributed by atoms with van der Waals surface area (Å²) in [5.41, 5.74) is 2.75. The minimum Gasteiger partial charge on any atom is -0.493 e. The molecular weight excluding hydrogens is 210 g/mol. The third-order valence-corrected chi connectivity index (χ3v) is 2.95. The first kappa shape index (κ1) is 12.0. The zero-order chi connectivity index (χ0) is 11.9. The molecular formula is C15H19NO. The molecule has 2 heteroatoms. The minimum absolute atomic E-state index is 0.840. The number of ether oxygens (including phenoxy) is 1. The molecule has 2 nitrogen and oxygen atoms in total. The average molecular weight is 229 g/mol. The quantitative estimate of drug-likeness (QED) is 0.617. The van der Waals surface area contributed by atoms with Gasteiger partial charge in [0.1, 0.15) is 5.75 Å². The van der Waals surface area contributed by atoms with Gasteiger partial charge in [-0.05, 0) is 37.1 Å². The van der Waals surface area contributed by atoms with Crippen LogP contribution in [-0.4, -0.2) is 19.7 Å². The van der Waals surface area contributed by atoms with Crippen LogP contribution in [0.3, 0.4) is 0 Å². The van der Waals surface area contributed by atoms with E-state index in [1.165, 1.54) is 11.1 Å². The summed E-state index contributed by atoms with van der Waals surface area (Å²) in [6.45, 7) is 4.72. The van der Waals surface area contributed by atoms with Gasteiger partial charge in [-0.2, -0.15) is 0 Å². The monoisotopic (exact) mass is 229 g/mol. The molecule has 0 aromatic heterocycles. The number of hydrogen-bond acceptors (Lipinski definition) is 2. The Balaban J connectivity index is 1.73. The molecule has 1 aliphatic rings. The Bertz CT molecular complexity index is 428. The molecule has 0 amide bonds. The van der Waals surface area contributed by atoms with Crippen molar-refractivity contribution in [3.05, 3.63) is 29.3 Å². The highest BCUT2D eigenvalue weighted by atomic mass is 16.5. The fourth-order valence-corrected chi connectivity index (χ4v) is 2.03. The van der Waals surface area contributed by atoms with Crippen molar-refractivity contribution in [1.82, 2.24) is 5.32 Å². The highest BCUT2D eigenvalue weighted by molar-refractivity contribution is 5.39. The average Bonchev–Trinajstić information content (AvgIpc) is 2.81. The Morgan fingerprint density at radius 2 is 2.29 bits per heavy atom. The van der Waals surface area contributed by atoms with Crippen LogP contribution in [0.5, 0.6) is 5.75 Å². The molecule has 0 bridgehead atoms. The SMILES string of the molecule is CC#CCCNCCc1ccc2c(c1)CCO2. The molecule has 1 aromatic rings. The summed E-state index contributed by atoms with van der Waals surface area (Å²) in [4.78, 5) is 0. The molecule has 0 spiro atoms. The molecule has 1 heterocycles. The van der Waals surface area contributed by atoms with Gasteiger partial charge in [0, 0.05) is 19.4 Å². The highest BCUT2D eigenvalue weighted by Crippen LogP contribution is 2.25. The third kappa shape index (κ3) is 3.51. The summed E-state index contributed by atoms with van der Waals surface area (Å²) >= 11 is 0. The van der Waals surface area contributed by atoms with Gasteiger partial charge in [0.25, 0.3) is 0 Å². The second kappa shape index (κ2) is 6.32. The van der Waals surface area contributed by atoms with E-state index in [0.717, 1.165) is 44.7 Å². The van der Waals surface area contributed by atoms with Crippen LogP contribution in [0.25, 0.3) is 0 Å². The maximum absolute atomic E-state index is 5.49. The molecule has 0 aliphatic carbocycles. The number of benzene rings is 1. The second-order valence-corrected chi connectivity index (χ2v) is 4.22. The lowest BCUT2D eigenvalue weighted by Crippen LogP contribution is -2.18. The number of nitrogens with one attached hydrogen (secondary N) is 1. The lowest BCUT2D eigenvalue weighted by atomic mass is 10.1. The van der Waals surface area contributed by atoms with Crippen molar-refractivity contribution in [2.75, 3.05) is 19.7 Å². The molecule has 2 rings (SSSR count). The van der Waals surface area contributed by atoms with Crippen LogP contribution in [0.2, 0.25) is 0 Å². The van der Waals surface area contributed by atoms with Crippen molar-refractivity contribution >= 4 is 0 Å². The van der Waals surface area contributed by atoms with E-state index in [9.17, 15) is 0 Å². The molecule has 17 heavy (non-hydrogen) atoms. The fraction of sp³-hybridized carbons (Fsp3) is 0.467. The van der Waals surface area contributed by atoms with Crippen molar-refractivity contribution in [1.29, 1.82) is 0 Å². The Labute approximate surface area is 103 Å². The molecule has 0 atom stereocenters. The van der Waals surface area contributed by atoms with Crippen molar-refractivity contribution in [2.45, 2.75) is 26.2 Å². The first-order valence-corrected chi connectivity index (χ1v) is 6.25.